The molecule has 2 aliphatic rings. The number of rotatable bonds is 6. The number of amides is 2. The lowest BCUT2D eigenvalue weighted by Crippen LogP contribution is -2.45. The Kier molecular flexibility index (Phi) is 6.70. The Labute approximate surface area is 166 Å². The third-order valence-corrected chi connectivity index (χ3v) is 6.12. The number of benzene rings is 1. The van der Waals surface area contributed by atoms with Crippen LogP contribution in [-0.2, 0) is 20.9 Å². The van der Waals surface area contributed by atoms with Crippen LogP contribution in [0.15, 0.2) is 24.3 Å². The first-order valence-electron chi connectivity index (χ1n) is 10.3. The number of hydrogen-bond acceptors (Lipinski definition) is 4. The van der Waals surface area contributed by atoms with Gasteiger partial charge >= 0.3 is 5.97 Å². The van der Waals surface area contributed by atoms with Gasteiger partial charge in [0.1, 0.15) is 0 Å². The standard InChI is InChI=1S/C22H30N2O4/c1-15-5-3-6-19(16(15)2)23-20(25)14-28-22(27)18-10-8-17(9-11-18)13-24-12-4-7-21(24)26/h8-11,15-16,19H,3-7,12-14H2,1-2H3,(H,23,25)/t15-,16+,19-/m0/s1. The second kappa shape index (κ2) is 9.22. The van der Waals surface area contributed by atoms with Crippen molar-refractivity contribution in [2.45, 2.75) is 58.5 Å². The van der Waals surface area contributed by atoms with E-state index in [2.05, 4.69) is 19.2 Å². The molecule has 0 spiro atoms. The predicted octanol–water partition coefficient (Wildman–Crippen LogP) is 2.91. The molecule has 28 heavy (non-hydrogen) atoms. The molecule has 1 heterocycles. The van der Waals surface area contributed by atoms with Gasteiger partial charge in [0.25, 0.3) is 5.91 Å². The molecule has 1 saturated heterocycles. The van der Waals surface area contributed by atoms with E-state index in [0.29, 0.717) is 30.4 Å². The zero-order valence-electron chi connectivity index (χ0n) is 16.8. The zero-order chi connectivity index (χ0) is 20.1. The summed E-state index contributed by atoms with van der Waals surface area (Å²) < 4.78 is 5.17. The van der Waals surface area contributed by atoms with Gasteiger partial charge in [-0.1, -0.05) is 38.8 Å². The van der Waals surface area contributed by atoms with Crippen LogP contribution in [0.25, 0.3) is 0 Å². The average molecular weight is 386 g/mol. The van der Waals surface area contributed by atoms with E-state index in [0.717, 1.165) is 31.4 Å². The van der Waals surface area contributed by atoms with E-state index >= 15 is 0 Å². The molecule has 0 bridgehead atoms. The maximum absolute atomic E-state index is 12.2. The van der Waals surface area contributed by atoms with Crippen LogP contribution in [0.2, 0.25) is 0 Å². The molecule has 152 valence electrons. The molecule has 1 aliphatic carbocycles. The molecule has 6 nitrogen and oxygen atoms in total. The number of carbonyl (C=O) groups is 3. The lowest BCUT2D eigenvalue weighted by atomic mass is 9.78. The maximum atomic E-state index is 12.2. The third kappa shape index (κ3) is 5.12. The van der Waals surface area contributed by atoms with Gasteiger partial charge in [0.2, 0.25) is 5.91 Å². The molecule has 1 aliphatic heterocycles. The van der Waals surface area contributed by atoms with Gasteiger partial charge in [0.15, 0.2) is 6.61 Å². The topological polar surface area (TPSA) is 75.7 Å². The van der Waals surface area contributed by atoms with E-state index in [9.17, 15) is 14.4 Å². The Balaban J connectivity index is 1.45. The Morgan fingerprint density at radius 3 is 2.57 bits per heavy atom. The van der Waals surface area contributed by atoms with Crippen molar-refractivity contribution in [2.75, 3.05) is 13.2 Å². The van der Waals surface area contributed by atoms with Crippen molar-refractivity contribution < 1.29 is 19.1 Å². The highest BCUT2D eigenvalue weighted by molar-refractivity contribution is 5.91. The third-order valence-electron chi connectivity index (χ3n) is 6.12. The minimum absolute atomic E-state index is 0.155. The van der Waals surface area contributed by atoms with E-state index in [1.807, 2.05) is 17.0 Å². The zero-order valence-corrected chi connectivity index (χ0v) is 16.8. The van der Waals surface area contributed by atoms with Gasteiger partial charge in [-0.05, 0) is 42.4 Å². The fraction of sp³-hybridized carbons (Fsp3) is 0.591. The summed E-state index contributed by atoms with van der Waals surface area (Å²) in [5.74, 6) is 0.447. The second-order valence-corrected chi connectivity index (χ2v) is 8.13. The van der Waals surface area contributed by atoms with E-state index in [4.69, 9.17) is 4.74 Å². The molecular weight excluding hydrogens is 356 g/mol. The highest BCUT2D eigenvalue weighted by atomic mass is 16.5. The molecule has 1 aromatic rings. The predicted molar refractivity (Wildman–Crippen MR) is 105 cm³/mol. The monoisotopic (exact) mass is 386 g/mol. The molecule has 3 atom stereocenters. The van der Waals surface area contributed by atoms with Gasteiger partial charge in [0, 0.05) is 25.6 Å². The van der Waals surface area contributed by atoms with Crippen molar-refractivity contribution >= 4 is 17.8 Å². The molecular formula is C22H30N2O4. The summed E-state index contributed by atoms with van der Waals surface area (Å²) in [5, 5.41) is 3.01. The number of hydrogen-bond donors (Lipinski definition) is 1. The summed E-state index contributed by atoms with van der Waals surface area (Å²) in [7, 11) is 0. The lowest BCUT2D eigenvalue weighted by molar-refractivity contribution is -0.128. The molecule has 0 radical (unpaired) electrons. The Morgan fingerprint density at radius 2 is 1.89 bits per heavy atom. The largest absolute Gasteiger partial charge is 0.452 e. The molecule has 0 unspecified atom stereocenters. The van der Waals surface area contributed by atoms with Gasteiger partial charge < -0.3 is 15.0 Å². The second-order valence-electron chi connectivity index (χ2n) is 8.13. The summed E-state index contributed by atoms with van der Waals surface area (Å²) in [6, 6.07) is 7.17. The Morgan fingerprint density at radius 1 is 1.14 bits per heavy atom. The summed E-state index contributed by atoms with van der Waals surface area (Å²) in [6.45, 7) is 5.47. The molecule has 1 aromatic carbocycles. The molecule has 1 N–H and O–H groups in total. The quantitative estimate of drug-likeness (QED) is 0.763. The van der Waals surface area contributed by atoms with Gasteiger partial charge in [-0.25, -0.2) is 4.79 Å². The Hall–Kier alpha value is -2.37. The summed E-state index contributed by atoms with van der Waals surface area (Å²) in [5.41, 5.74) is 1.38. The van der Waals surface area contributed by atoms with Crippen LogP contribution in [0.5, 0.6) is 0 Å². The van der Waals surface area contributed by atoms with Crippen LogP contribution >= 0.6 is 0 Å². The summed E-state index contributed by atoms with van der Waals surface area (Å²) in [6.07, 6.45) is 4.82. The average Bonchev–Trinajstić information content (AvgIpc) is 3.09. The smallest absolute Gasteiger partial charge is 0.338 e. The van der Waals surface area contributed by atoms with Crippen molar-refractivity contribution in [3.05, 3.63) is 35.4 Å². The van der Waals surface area contributed by atoms with Gasteiger partial charge in [-0.3, -0.25) is 9.59 Å². The van der Waals surface area contributed by atoms with Crippen molar-refractivity contribution in [1.82, 2.24) is 10.2 Å². The number of nitrogens with one attached hydrogen (secondary N) is 1. The van der Waals surface area contributed by atoms with Crippen molar-refractivity contribution in [1.29, 1.82) is 0 Å². The maximum Gasteiger partial charge on any atom is 0.338 e. The van der Waals surface area contributed by atoms with E-state index in [1.165, 1.54) is 6.42 Å². The first-order valence-corrected chi connectivity index (χ1v) is 10.3. The van der Waals surface area contributed by atoms with Crippen LogP contribution in [0, 0.1) is 11.8 Å². The molecule has 6 heteroatoms. The first kappa shape index (κ1) is 20.4. The normalized spacial score (nSPS) is 24.9. The minimum Gasteiger partial charge on any atom is -0.452 e. The van der Waals surface area contributed by atoms with E-state index < -0.39 is 5.97 Å². The summed E-state index contributed by atoms with van der Waals surface area (Å²) in [4.78, 5) is 37.9. The number of nitrogens with zero attached hydrogens (tertiary/aromatic N) is 1. The van der Waals surface area contributed by atoms with Crippen LogP contribution < -0.4 is 5.32 Å². The SMILES string of the molecule is C[C@H]1[C@@H](NC(=O)COC(=O)c2ccc(CN3CCCC3=O)cc2)CCC[C@@H]1C. The molecule has 3 rings (SSSR count). The van der Waals surface area contributed by atoms with Crippen LogP contribution in [0.4, 0.5) is 0 Å². The Bertz CT molecular complexity index is 716. The number of likely N-dealkylation sites (tertiary alicyclic amines) is 1. The van der Waals surface area contributed by atoms with Crippen LogP contribution in [0.3, 0.4) is 0 Å². The molecule has 1 saturated carbocycles. The van der Waals surface area contributed by atoms with Crippen LogP contribution in [-0.4, -0.2) is 41.9 Å². The number of carbonyl (C=O) groups excluding carboxylic acids is 3. The van der Waals surface area contributed by atoms with E-state index in [1.54, 1.807) is 12.1 Å². The lowest BCUT2D eigenvalue weighted by Gasteiger charge is -2.34. The molecule has 0 aromatic heterocycles. The number of esters is 1. The molecule has 2 fully saturated rings. The van der Waals surface area contributed by atoms with E-state index in [-0.39, 0.29) is 24.5 Å². The van der Waals surface area contributed by atoms with Gasteiger partial charge in [0.05, 0.1) is 5.56 Å². The van der Waals surface area contributed by atoms with Gasteiger partial charge in [-0.15, -0.1) is 0 Å². The number of ether oxygens (including phenoxy) is 1. The van der Waals surface area contributed by atoms with Crippen molar-refractivity contribution in [3.63, 3.8) is 0 Å². The van der Waals surface area contributed by atoms with Crippen molar-refractivity contribution in [2.24, 2.45) is 11.8 Å². The summed E-state index contributed by atoms with van der Waals surface area (Å²) >= 11 is 0. The van der Waals surface area contributed by atoms with Crippen LogP contribution in [0.1, 0.15) is 61.9 Å². The fourth-order valence-corrected chi connectivity index (χ4v) is 4.09. The van der Waals surface area contributed by atoms with Gasteiger partial charge in [-0.2, -0.15) is 0 Å². The molecule has 2 amide bonds. The fourth-order valence-electron chi connectivity index (χ4n) is 4.09. The first-order chi connectivity index (χ1) is 13.4. The highest BCUT2D eigenvalue weighted by Gasteiger charge is 2.28. The highest BCUT2D eigenvalue weighted by Crippen LogP contribution is 2.29. The minimum atomic E-state index is -0.510. The van der Waals surface area contributed by atoms with Crippen molar-refractivity contribution in [3.8, 4) is 0 Å².